The van der Waals surface area contributed by atoms with Gasteiger partial charge in [-0.25, -0.2) is 15.0 Å². The van der Waals surface area contributed by atoms with Gasteiger partial charge < -0.3 is 5.73 Å². The third-order valence-corrected chi connectivity index (χ3v) is 3.47. The Morgan fingerprint density at radius 2 is 1.81 bits per heavy atom. The quantitative estimate of drug-likeness (QED) is 0.576. The molecular weight excluding hydrogens is 264 g/mol. The zero-order valence-electron chi connectivity index (χ0n) is 11.4. The fraction of sp³-hybridized carbons (Fsp3) is 0.0667. The summed E-state index contributed by atoms with van der Waals surface area (Å²) in [5.41, 5.74) is 9.32. The van der Waals surface area contributed by atoms with Crippen molar-refractivity contribution in [1.82, 2.24) is 24.7 Å². The second-order valence-corrected chi connectivity index (χ2v) is 4.79. The molecule has 4 aromatic rings. The van der Waals surface area contributed by atoms with E-state index in [1.165, 1.54) is 0 Å². The Morgan fingerprint density at radius 3 is 2.62 bits per heavy atom. The zero-order valence-corrected chi connectivity index (χ0v) is 11.4. The van der Waals surface area contributed by atoms with E-state index in [-0.39, 0.29) is 0 Å². The maximum atomic E-state index is 6.31. The van der Waals surface area contributed by atoms with Crippen molar-refractivity contribution < 1.29 is 0 Å². The monoisotopic (exact) mass is 276 g/mol. The molecule has 1 aromatic carbocycles. The van der Waals surface area contributed by atoms with E-state index < -0.39 is 0 Å². The normalized spacial score (nSPS) is 11.3. The van der Waals surface area contributed by atoms with Crippen molar-refractivity contribution in [2.45, 2.75) is 6.92 Å². The Balaban J connectivity index is 2.16. The highest BCUT2D eigenvalue weighted by molar-refractivity contribution is 6.06. The Kier molecular flexibility index (Phi) is 2.38. The number of hydrogen-bond acceptors (Lipinski definition) is 5. The summed E-state index contributed by atoms with van der Waals surface area (Å²) in [7, 11) is 0. The van der Waals surface area contributed by atoms with E-state index in [0.29, 0.717) is 17.3 Å². The first-order valence-corrected chi connectivity index (χ1v) is 6.56. The second kappa shape index (κ2) is 4.24. The van der Waals surface area contributed by atoms with Gasteiger partial charge in [0.25, 0.3) is 5.95 Å². The number of rotatable bonds is 1. The van der Waals surface area contributed by atoms with E-state index in [4.69, 9.17) is 5.73 Å². The van der Waals surface area contributed by atoms with Gasteiger partial charge in [0, 0.05) is 17.8 Å². The molecule has 0 radical (unpaired) electrons. The lowest BCUT2D eigenvalue weighted by Crippen LogP contribution is -2.03. The number of fused-ring (bicyclic) bond motifs is 2. The number of pyridine rings is 1. The lowest BCUT2D eigenvalue weighted by atomic mass is 10.1. The summed E-state index contributed by atoms with van der Waals surface area (Å²) >= 11 is 0. The van der Waals surface area contributed by atoms with Gasteiger partial charge in [0.15, 0.2) is 5.65 Å². The number of benzene rings is 1. The fourth-order valence-electron chi connectivity index (χ4n) is 2.52. The van der Waals surface area contributed by atoms with Crippen LogP contribution in [-0.2, 0) is 0 Å². The van der Waals surface area contributed by atoms with Crippen LogP contribution in [0.15, 0.2) is 42.7 Å². The first kappa shape index (κ1) is 11.8. The van der Waals surface area contributed by atoms with Crippen molar-refractivity contribution in [1.29, 1.82) is 0 Å². The minimum Gasteiger partial charge on any atom is -0.398 e. The van der Waals surface area contributed by atoms with Gasteiger partial charge in [-0.3, -0.25) is 0 Å². The Morgan fingerprint density at radius 1 is 1.05 bits per heavy atom. The maximum Gasteiger partial charge on any atom is 0.252 e. The molecule has 3 heterocycles. The van der Waals surface area contributed by atoms with Crippen LogP contribution in [0.1, 0.15) is 5.69 Å². The third kappa shape index (κ3) is 1.66. The molecule has 21 heavy (non-hydrogen) atoms. The number of nitrogens with zero attached hydrogens (tertiary/aromatic N) is 5. The number of aromatic nitrogens is 5. The molecule has 4 rings (SSSR count). The highest BCUT2D eigenvalue weighted by Crippen LogP contribution is 2.30. The number of nitrogen functional groups attached to an aromatic ring is 1. The van der Waals surface area contributed by atoms with Crippen molar-refractivity contribution >= 4 is 27.6 Å². The van der Waals surface area contributed by atoms with Crippen LogP contribution in [0.2, 0.25) is 0 Å². The third-order valence-electron chi connectivity index (χ3n) is 3.47. The van der Waals surface area contributed by atoms with Crippen LogP contribution >= 0.6 is 0 Å². The maximum absolute atomic E-state index is 6.31. The molecule has 3 aromatic heterocycles. The summed E-state index contributed by atoms with van der Waals surface area (Å²) in [5.74, 6) is 0.484. The molecule has 2 N–H and O–H groups in total. The molecule has 0 fully saturated rings. The van der Waals surface area contributed by atoms with E-state index in [2.05, 4.69) is 20.1 Å². The van der Waals surface area contributed by atoms with E-state index in [1.807, 2.05) is 31.2 Å². The van der Waals surface area contributed by atoms with Crippen LogP contribution in [0.3, 0.4) is 0 Å². The number of hydrogen-bond donors (Lipinski definition) is 1. The van der Waals surface area contributed by atoms with E-state index >= 15 is 0 Å². The average Bonchev–Trinajstić information content (AvgIpc) is 2.86. The number of nitrogens with two attached hydrogens (primary N) is 1. The Hall–Kier alpha value is -3.02. The summed E-state index contributed by atoms with van der Waals surface area (Å²) < 4.78 is 1.63. The minimum absolute atomic E-state index is 0.484. The Labute approximate surface area is 120 Å². The molecule has 0 saturated carbocycles. The van der Waals surface area contributed by atoms with Gasteiger partial charge in [0.1, 0.15) is 0 Å². The summed E-state index contributed by atoms with van der Waals surface area (Å²) in [4.78, 5) is 13.1. The van der Waals surface area contributed by atoms with Crippen molar-refractivity contribution in [3.05, 3.63) is 48.4 Å². The minimum atomic E-state index is 0.484. The summed E-state index contributed by atoms with van der Waals surface area (Å²) in [5, 5.41) is 6.27. The first-order valence-electron chi connectivity index (χ1n) is 6.56. The first-order chi connectivity index (χ1) is 10.3. The molecular formula is C15H12N6. The van der Waals surface area contributed by atoms with E-state index in [9.17, 15) is 0 Å². The van der Waals surface area contributed by atoms with Gasteiger partial charge in [0.05, 0.1) is 22.3 Å². The molecule has 0 bridgehead atoms. The molecule has 6 heteroatoms. The standard InChI is InChI=1S/C15H12N6/c1-9-12-13(16)10-5-2-3-6-11(10)19-14(12)21(20-9)15-17-7-4-8-18-15/h2-8H,1H3,(H2,16,19). The lowest BCUT2D eigenvalue weighted by Gasteiger charge is -2.04. The smallest absolute Gasteiger partial charge is 0.252 e. The number of aryl methyl sites for hydroxylation is 1. The van der Waals surface area contributed by atoms with Crippen LogP contribution < -0.4 is 5.73 Å². The van der Waals surface area contributed by atoms with E-state index in [1.54, 1.807) is 23.1 Å². The van der Waals surface area contributed by atoms with Crippen molar-refractivity contribution in [2.75, 3.05) is 5.73 Å². The zero-order chi connectivity index (χ0) is 14.4. The lowest BCUT2D eigenvalue weighted by molar-refractivity contribution is 0.812. The van der Waals surface area contributed by atoms with Crippen LogP contribution in [-0.4, -0.2) is 24.7 Å². The summed E-state index contributed by atoms with van der Waals surface area (Å²) in [6, 6.07) is 9.55. The van der Waals surface area contributed by atoms with Gasteiger partial charge in [-0.2, -0.15) is 9.78 Å². The highest BCUT2D eigenvalue weighted by Gasteiger charge is 2.16. The predicted octanol–water partition coefficient (Wildman–Crippen LogP) is 2.25. The fourth-order valence-corrected chi connectivity index (χ4v) is 2.52. The molecule has 0 atom stereocenters. The van der Waals surface area contributed by atoms with Crippen molar-refractivity contribution in [3.63, 3.8) is 0 Å². The second-order valence-electron chi connectivity index (χ2n) is 4.79. The van der Waals surface area contributed by atoms with Crippen molar-refractivity contribution in [2.24, 2.45) is 0 Å². The average molecular weight is 276 g/mol. The number of anilines is 1. The molecule has 0 aliphatic heterocycles. The largest absolute Gasteiger partial charge is 0.398 e. The van der Waals surface area contributed by atoms with Gasteiger partial charge in [-0.05, 0) is 19.1 Å². The number of para-hydroxylation sites is 1. The summed E-state index contributed by atoms with van der Waals surface area (Å²) in [6.45, 7) is 1.91. The van der Waals surface area contributed by atoms with Crippen LogP contribution in [0.5, 0.6) is 0 Å². The van der Waals surface area contributed by atoms with Crippen LogP contribution in [0.4, 0.5) is 5.69 Å². The molecule has 102 valence electrons. The molecule has 0 amide bonds. The van der Waals surface area contributed by atoms with Crippen molar-refractivity contribution in [3.8, 4) is 5.95 Å². The molecule has 0 aliphatic carbocycles. The van der Waals surface area contributed by atoms with Gasteiger partial charge in [-0.1, -0.05) is 18.2 Å². The van der Waals surface area contributed by atoms with Gasteiger partial charge in [-0.15, -0.1) is 0 Å². The van der Waals surface area contributed by atoms with Crippen LogP contribution in [0, 0.1) is 6.92 Å². The van der Waals surface area contributed by atoms with E-state index in [0.717, 1.165) is 22.0 Å². The molecule has 0 aliphatic rings. The molecule has 0 unspecified atom stereocenters. The molecule has 0 saturated heterocycles. The Bertz CT molecular complexity index is 958. The molecule has 0 spiro atoms. The van der Waals surface area contributed by atoms with Crippen LogP contribution in [0.25, 0.3) is 27.9 Å². The van der Waals surface area contributed by atoms with Gasteiger partial charge >= 0.3 is 0 Å². The molecule has 6 nitrogen and oxygen atoms in total. The topological polar surface area (TPSA) is 82.5 Å². The predicted molar refractivity (Wildman–Crippen MR) is 81.1 cm³/mol. The highest BCUT2D eigenvalue weighted by atomic mass is 15.4. The SMILES string of the molecule is Cc1nn(-c2ncccn2)c2nc3ccccc3c(N)c12. The summed E-state index contributed by atoms with van der Waals surface area (Å²) in [6.07, 6.45) is 3.35. The van der Waals surface area contributed by atoms with Gasteiger partial charge in [0.2, 0.25) is 0 Å².